The molecule has 2 heterocycles. The number of esters is 1. The van der Waals surface area contributed by atoms with Crippen LogP contribution in [-0.2, 0) is 11.3 Å². The summed E-state index contributed by atoms with van der Waals surface area (Å²) in [5, 5.41) is 0. The van der Waals surface area contributed by atoms with E-state index in [2.05, 4.69) is 19.9 Å². The number of anilines is 2. The zero-order chi connectivity index (χ0) is 19.4. The van der Waals surface area contributed by atoms with Crippen LogP contribution in [0.25, 0.3) is 11.3 Å². The van der Waals surface area contributed by atoms with Gasteiger partial charge in [0, 0.05) is 19.7 Å². The van der Waals surface area contributed by atoms with Crippen LogP contribution in [0.2, 0.25) is 0 Å². The Morgan fingerprint density at radius 1 is 1.04 bits per heavy atom. The van der Waals surface area contributed by atoms with Gasteiger partial charge in [-0.25, -0.2) is 4.79 Å². The molecule has 0 aliphatic heterocycles. The van der Waals surface area contributed by atoms with E-state index in [0.29, 0.717) is 17.2 Å². The van der Waals surface area contributed by atoms with Gasteiger partial charge in [0.1, 0.15) is 0 Å². The van der Waals surface area contributed by atoms with Gasteiger partial charge in [-0.05, 0) is 19.1 Å². The van der Waals surface area contributed by atoms with Crippen molar-refractivity contribution in [1.29, 1.82) is 0 Å². The first-order valence-corrected chi connectivity index (χ1v) is 8.32. The number of nitrogen functional groups attached to an aromatic ring is 1. The maximum Gasteiger partial charge on any atom is 0.340 e. The van der Waals surface area contributed by atoms with Crippen molar-refractivity contribution >= 4 is 17.9 Å². The molecule has 0 atom stereocenters. The Morgan fingerprint density at radius 2 is 1.78 bits per heavy atom. The van der Waals surface area contributed by atoms with E-state index in [0.717, 1.165) is 11.3 Å². The number of rotatable bonds is 5. The molecule has 138 valence electrons. The molecule has 2 N–H and O–H groups in total. The normalized spacial score (nSPS) is 10.5. The lowest BCUT2D eigenvalue weighted by atomic mass is 10.1. The van der Waals surface area contributed by atoms with Crippen LogP contribution in [0.5, 0.6) is 0 Å². The predicted octanol–water partition coefficient (Wildman–Crippen LogP) is 2.25. The molecular weight excluding hydrogens is 344 g/mol. The molecular formula is C19H20N6O2. The smallest absolute Gasteiger partial charge is 0.340 e. The zero-order valence-corrected chi connectivity index (χ0v) is 15.4. The molecule has 0 saturated carbocycles. The number of carbonyl (C=O) groups excluding carboxylic acids is 1. The highest BCUT2D eigenvalue weighted by Crippen LogP contribution is 2.19. The highest BCUT2D eigenvalue weighted by molar-refractivity contribution is 5.90. The average molecular weight is 364 g/mol. The second-order valence-corrected chi connectivity index (χ2v) is 6.08. The largest absolute Gasteiger partial charge is 0.454 e. The molecule has 0 radical (unpaired) electrons. The molecule has 0 spiro atoms. The molecule has 0 amide bonds. The summed E-state index contributed by atoms with van der Waals surface area (Å²) in [4.78, 5) is 30.8. The van der Waals surface area contributed by atoms with E-state index >= 15 is 0 Å². The van der Waals surface area contributed by atoms with Crippen molar-refractivity contribution in [3.63, 3.8) is 0 Å². The predicted molar refractivity (Wildman–Crippen MR) is 102 cm³/mol. The number of hydrogen-bond acceptors (Lipinski definition) is 8. The summed E-state index contributed by atoms with van der Waals surface area (Å²) in [5.41, 5.74) is 8.43. The van der Waals surface area contributed by atoms with E-state index < -0.39 is 5.97 Å². The molecule has 2 aromatic heterocycles. The lowest BCUT2D eigenvalue weighted by Gasteiger charge is -2.12. The van der Waals surface area contributed by atoms with Gasteiger partial charge in [-0.1, -0.05) is 30.3 Å². The second kappa shape index (κ2) is 7.77. The second-order valence-electron chi connectivity index (χ2n) is 6.08. The lowest BCUT2D eigenvalue weighted by Crippen LogP contribution is -2.17. The van der Waals surface area contributed by atoms with E-state index in [1.54, 1.807) is 38.1 Å². The standard InChI is InChI=1S/C19H20N6O2/c1-12-14(9-10-15(21-12)13-7-5-4-6-8-13)17(26)27-11-16-22-18(20)24-19(23-16)25(2)3/h4-10H,11H2,1-3H3,(H2,20,22,23,24). The van der Waals surface area contributed by atoms with Crippen molar-refractivity contribution in [2.75, 3.05) is 24.7 Å². The van der Waals surface area contributed by atoms with Gasteiger partial charge in [-0.15, -0.1) is 0 Å². The number of aryl methyl sites for hydroxylation is 1. The third-order valence-electron chi connectivity index (χ3n) is 3.79. The first-order chi connectivity index (χ1) is 12.9. The van der Waals surface area contributed by atoms with Crippen molar-refractivity contribution in [2.24, 2.45) is 0 Å². The molecule has 3 rings (SSSR count). The maximum atomic E-state index is 12.4. The number of hydrogen-bond donors (Lipinski definition) is 1. The summed E-state index contributed by atoms with van der Waals surface area (Å²) in [5.74, 6) is 0.263. The topological polar surface area (TPSA) is 107 Å². The molecule has 0 aliphatic rings. The van der Waals surface area contributed by atoms with E-state index in [1.165, 1.54) is 0 Å². The number of nitrogens with two attached hydrogens (primary N) is 1. The zero-order valence-electron chi connectivity index (χ0n) is 15.4. The summed E-state index contributed by atoms with van der Waals surface area (Å²) in [6.07, 6.45) is 0. The summed E-state index contributed by atoms with van der Waals surface area (Å²) < 4.78 is 5.32. The minimum atomic E-state index is -0.495. The SMILES string of the molecule is Cc1nc(-c2ccccc2)ccc1C(=O)OCc1nc(N)nc(N(C)C)n1. The quantitative estimate of drug-likeness (QED) is 0.687. The Bertz CT molecular complexity index is 960. The summed E-state index contributed by atoms with van der Waals surface area (Å²) >= 11 is 0. The van der Waals surface area contributed by atoms with Gasteiger partial charge in [-0.3, -0.25) is 4.98 Å². The molecule has 0 bridgehead atoms. The van der Waals surface area contributed by atoms with Gasteiger partial charge in [0.15, 0.2) is 12.4 Å². The first kappa shape index (κ1) is 18.2. The summed E-state index contributed by atoms with van der Waals surface area (Å²) in [6.45, 7) is 1.67. The minimum absolute atomic E-state index is 0.0739. The van der Waals surface area contributed by atoms with Gasteiger partial charge < -0.3 is 15.4 Å². The molecule has 0 saturated heterocycles. The fourth-order valence-corrected chi connectivity index (χ4v) is 2.44. The molecule has 3 aromatic rings. The number of nitrogens with zero attached hydrogens (tertiary/aromatic N) is 5. The maximum absolute atomic E-state index is 12.4. The van der Waals surface area contributed by atoms with Gasteiger partial charge in [0.2, 0.25) is 11.9 Å². The van der Waals surface area contributed by atoms with E-state index in [9.17, 15) is 4.79 Å². The summed E-state index contributed by atoms with van der Waals surface area (Å²) in [7, 11) is 3.57. The average Bonchev–Trinajstić information content (AvgIpc) is 2.66. The van der Waals surface area contributed by atoms with Crippen LogP contribution in [-0.4, -0.2) is 40.0 Å². The number of carbonyl (C=O) groups is 1. The van der Waals surface area contributed by atoms with Gasteiger partial charge >= 0.3 is 5.97 Å². The molecule has 8 nitrogen and oxygen atoms in total. The van der Waals surface area contributed by atoms with Crippen molar-refractivity contribution < 1.29 is 9.53 Å². The Hall–Kier alpha value is -3.55. The van der Waals surface area contributed by atoms with Crippen molar-refractivity contribution in [1.82, 2.24) is 19.9 Å². The Morgan fingerprint density at radius 3 is 2.44 bits per heavy atom. The molecule has 0 fully saturated rings. The van der Waals surface area contributed by atoms with Gasteiger partial charge in [-0.2, -0.15) is 15.0 Å². The monoisotopic (exact) mass is 364 g/mol. The molecule has 0 unspecified atom stereocenters. The van der Waals surface area contributed by atoms with Gasteiger partial charge in [0.25, 0.3) is 0 Å². The Labute approximate surface area is 157 Å². The third kappa shape index (κ3) is 4.35. The van der Waals surface area contributed by atoms with Crippen LogP contribution in [0.1, 0.15) is 21.9 Å². The molecule has 27 heavy (non-hydrogen) atoms. The van der Waals surface area contributed by atoms with Crippen LogP contribution >= 0.6 is 0 Å². The molecule has 0 aliphatic carbocycles. The van der Waals surface area contributed by atoms with Crippen molar-refractivity contribution in [3.8, 4) is 11.3 Å². The first-order valence-electron chi connectivity index (χ1n) is 8.32. The Balaban J connectivity index is 1.73. The van der Waals surface area contributed by atoms with E-state index in [1.807, 2.05) is 30.3 Å². The molecule has 8 heteroatoms. The van der Waals surface area contributed by atoms with Crippen LogP contribution in [0.15, 0.2) is 42.5 Å². The highest BCUT2D eigenvalue weighted by Gasteiger charge is 2.15. The van der Waals surface area contributed by atoms with E-state index in [4.69, 9.17) is 10.5 Å². The van der Waals surface area contributed by atoms with Gasteiger partial charge in [0.05, 0.1) is 17.0 Å². The van der Waals surface area contributed by atoms with E-state index in [-0.39, 0.29) is 18.4 Å². The van der Waals surface area contributed by atoms with Crippen LogP contribution < -0.4 is 10.6 Å². The van der Waals surface area contributed by atoms with Crippen molar-refractivity contribution in [3.05, 3.63) is 59.5 Å². The van der Waals surface area contributed by atoms with Crippen molar-refractivity contribution in [2.45, 2.75) is 13.5 Å². The fraction of sp³-hybridized carbons (Fsp3) is 0.211. The number of aromatic nitrogens is 4. The lowest BCUT2D eigenvalue weighted by molar-refractivity contribution is 0.0460. The number of benzene rings is 1. The van der Waals surface area contributed by atoms with Crippen LogP contribution in [0.4, 0.5) is 11.9 Å². The van der Waals surface area contributed by atoms with Crippen LogP contribution in [0, 0.1) is 6.92 Å². The fourth-order valence-electron chi connectivity index (χ4n) is 2.44. The minimum Gasteiger partial charge on any atom is -0.454 e. The molecule has 1 aromatic carbocycles. The third-order valence-corrected chi connectivity index (χ3v) is 3.79. The summed E-state index contributed by atoms with van der Waals surface area (Å²) in [6, 6.07) is 13.3. The highest BCUT2D eigenvalue weighted by atomic mass is 16.5. The number of pyridine rings is 1. The number of ether oxygens (including phenoxy) is 1. The Kier molecular flexibility index (Phi) is 5.25. The van der Waals surface area contributed by atoms with Crippen LogP contribution in [0.3, 0.4) is 0 Å².